The van der Waals surface area contributed by atoms with Gasteiger partial charge in [0.2, 0.25) is 0 Å². The van der Waals surface area contributed by atoms with Crippen LogP contribution in [0.2, 0.25) is 0 Å². The maximum atomic E-state index is 13.3. The number of aromatic nitrogens is 3. The number of phenols is 1. The van der Waals surface area contributed by atoms with Gasteiger partial charge >= 0.3 is 11.4 Å². The van der Waals surface area contributed by atoms with Crippen LogP contribution in [-0.4, -0.2) is 37.7 Å². The lowest BCUT2D eigenvalue weighted by Crippen LogP contribution is -2.40. The summed E-state index contributed by atoms with van der Waals surface area (Å²) in [6.45, 7) is 1.71. The Morgan fingerprint density at radius 1 is 1.15 bits per heavy atom. The smallest absolute Gasteiger partial charge is 0.347 e. The van der Waals surface area contributed by atoms with Crippen molar-refractivity contribution >= 4 is 27.5 Å². The normalized spacial score (nSPS) is 21.8. The highest BCUT2D eigenvalue weighted by molar-refractivity contribution is 9.10. The minimum absolute atomic E-state index is 0.0985. The molecule has 1 aromatic carbocycles. The van der Waals surface area contributed by atoms with Gasteiger partial charge in [0.1, 0.15) is 0 Å². The van der Waals surface area contributed by atoms with Crippen LogP contribution in [0.1, 0.15) is 30.9 Å². The van der Waals surface area contributed by atoms with Crippen molar-refractivity contribution in [1.29, 1.82) is 0 Å². The van der Waals surface area contributed by atoms with Crippen LogP contribution in [0.5, 0.6) is 11.5 Å². The Morgan fingerprint density at radius 3 is 2.58 bits per heavy atom. The molecular formula is C23H20BrN3O6. The lowest BCUT2D eigenvalue weighted by Gasteiger charge is -2.39. The third kappa shape index (κ3) is 2.90. The molecule has 0 saturated heterocycles. The molecule has 2 aromatic rings. The number of phenolic OH excluding ortho intramolecular Hbond substituents is 1. The molecule has 1 aliphatic heterocycles. The van der Waals surface area contributed by atoms with Gasteiger partial charge in [-0.3, -0.25) is 9.59 Å². The number of aromatic hydroxyl groups is 1. The second-order valence-electron chi connectivity index (χ2n) is 8.37. The van der Waals surface area contributed by atoms with E-state index in [9.17, 15) is 24.3 Å². The van der Waals surface area contributed by atoms with Gasteiger partial charge in [0.15, 0.2) is 23.1 Å². The van der Waals surface area contributed by atoms with E-state index in [1.807, 2.05) is 0 Å². The number of hydrogen-bond donors (Lipinski definition) is 1. The molecule has 2 heterocycles. The molecule has 0 saturated carbocycles. The molecule has 0 fully saturated rings. The summed E-state index contributed by atoms with van der Waals surface area (Å²) in [6, 6.07) is 2.62. The average molecular weight is 514 g/mol. The Labute approximate surface area is 196 Å². The highest BCUT2D eigenvalue weighted by Crippen LogP contribution is 2.53. The molecule has 170 valence electrons. The Bertz CT molecular complexity index is 1480. The average Bonchev–Trinajstić information content (AvgIpc) is 3.01. The van der Waals surface area contributed by atoms with Gasteiger partial charge in [0.05, 0.1) is 19.7 Å². The van der Waals surface area contributed by atoms with Crippen LogP contribution in [0.25, 0.3) is 0 Å². The summed E-state index contributed by atoms with van der Waals surface area (Å²) in [6.07, 6.45) is 3.21. The number of ketones is 2. The van der Waals surface area contributed by atoms with E-state index in [0.717, 1.165) is 4.57 Å². The molecule has 2 aliphatic carbocycles. The maximum absolute atomic E-state index is 13.3. The number of methoxy groups -OCH3 is 1. The van der Waals surface area contributed by atoms with Crippen LogP contribution in [0.3, 0.4) is 0 Å². The zero-order chi connectivity index (χ0) is 23.8. The van der Waals surface area contributed by atoms with Crippen LogP contribution < -0.4 is 16.1 Å². The number of halogens is 1. The number of allylic oxidation sites excluding steroid dienone is 6. The topological polar surface area (TPSA) is 113 Å². The van der Waals surface area contributed by atoms with E-state index in [1.54, 1.807) is 25.1 Å². The van der Waals surface area contributed by atoms with Crippen LogP contribution in [-0.2, 0) is 23.2 Å². The van der Waals surface area contributed by atoms with Crippen molar-refractivity contribution in [1.82, 2.24) is 13.9 Å². The first-order valence-corrected chi connectivity index (χ1v) is 11.1. The van der Waals surface area contributed by atoms with E-state index in [-0.39, 0.29) is 47.2 Å². The number of rotatable bonds is 2. The predicted octanol–water partition coefficient (Wildman–Crippen LogP) is 1.89. The summed E-state index contributed by atoms with van der Waals surface area (Å²) < 4.78 is 9.63. The molecule has 0 unspecified atom stereocenters. The largest absolute Gasteiger partial charge is 0.504 e. The second kappa shape index (κ2) is 7.31. The van der Waals surface area contributed by atoms with Crippen molar-refractivity contribution in [2.45, 2.75) is 31.8 Å². The van der Waals surface area contributed by atoms with Crippen LogP contribution in [0.4, 0.5) is 0 Å². The van der Waals surface area contributed by atoms with Gasteiger partial charge in [-0.25, -0.2) is 23.5 Å². The minimum atomic E-state index is -0.791. The van der Waals surface area contributed by atoms with Gasteiger partial charge in [-0.15, -0.1) is 0 Å². The molecule has 3 aliphatic rings. The zero-order valence-electron chi connectivity index (χ0n) is 18.1. The third-order valence-corrected chi connectivity index (χ3v) is 7.08. The molecule has 9 nitrogen and oxygen atoms in total. The van der Waals surface area contributed by atoms with Crippen LogP contribution in [0.15, 0.2) is 60.6 Å². The SMILES string of the molecule is COc1cc(Br)cc([C@H]2C3=CCn4c(=O)n(C)c(=O)n4[C@@H]3CC3=C2C(=O)C(C)=CC3=O)c1O. The van der Waals surface area contributed by atoms with E-state index >= 15 is 0 Å². The zero-order valence-corrected chi connectivity index (χ0v) is 19.7. The summed E-state index contributed by atoms with van der Waals surface area (Å²) in [7, 11) is 2.82. The van der Waals surface area contributed by atoms with E-state index in [2.05, 4.69) is 15.9 Å². The summed E-state index contributed by atoms with van der Waals surface area (Å²) in [5.74, 6) is -1.33. The fourth-order valence-corrected chi connectivity index (χ4v) is 5.52. The maximum Gasteiger partial charge on any atom is 0.347 e. The number of benzene rings is 1. The van der Waals surface area contributed by atoms with Crippen molar-refractivity contribution in [3.63, 3.8) is 0 Å². The molecule has 0 amide bonds. The monoisotopic (exact) mass is 513 g/mol. The predicted molar refractivity (Wildman–Crippen MR) is 122 cm³/mol. The van der Waals surface area contributed by atoms with E-state index in [1.165, 1.54) is 29.6 Å². The third-order valence-electron chi connectivity index (χ3n) is 6.62. The Kier molecular flexibility index (Phi) is 4.75. The van der Waals surface area contributed by atoms with Gasteiger partial charge in [-0.2, -0.15) is 0 Å². The highest BCUT2D eigenvalue weighted by atomic mass is 79.9. The van der Waals surface area contributed by atoms with Gasteiger partial charge < -0.3 is 9.84 Å². The quantitative estimate of drug-likeness (QED) is 0.484. The first-order chi connectivity index (χ1) is 15.6. The Morgan fingerprint density at radius 2 is 1.88 bits per heavy atom. The fraction of sp³-hybridized carbons (Fsp3) is 0.304. The number of carbonyl (C=O) groups excluding carboxylic acids is 2. The highest BCUT2D eigenvalue weighted by Gasteiger charge is 2.45. The molecular weight excluding hydrogens is 494 g/mol. The molecule has 10 heteroatoms. The van der Waals surface area contributed by atoms with Crippen LogP contribution >= 0.6 is 15.9 Å². The summed E-state index contributed by atoms with van der Waals surface area (Å²) >= 11 is 3.43. The van der Waals surface area contributed by atoms with Gasteiger partial charge in [0, 0.05) is 46.1 Å². The molecule has 0 bridgehead atoms. The molecule has 2 atom stereocenters. The van der Waals surface area contributed by atoms with Crippen molar-refractivity contribution in [3.05, 3.63) is 77.6 Å². The number of ether oxygens (including phenoxy) is 1. The standard InChI is InChI=1S/C23H20BrN3O6/c1-10-6-16(28)13-9-15-12(4-5-26-22(31)25(2)23(32)27(15)26)18(19(13)20(10)29)14-7-11(24)8-17(33-3)21(14)30/h4,6-8,15,18,30H,5,9H2,1-3H3/t15-,18-/m1/s1. The van der Waals surface area contributed by atoms with E-state index < -0.39 is 23.3 Å². The Hall–Kier alpha value is -3.40. The number of carbonyl (C=O) groups is 2. The fourth-order valence-electron chi connectivity index (χ4n) is 5.07. The van der Waals surface area contributed by atoms with Crippen molar-refractivity contribution in [2.75, 3.05) is 7.11 Å². The lowest BCUT2D eigenvalue weighted by molar-refractivity contribution is -0.116. The van der Waals surface area contributed by atoms with E-state index in [4.69, 9.17) is 4.74 Å². The minimum Gasteiger partial charge on any atom is -0.504 e. The second-order valence-corrected chi connectivity index (χ2v) is 9.28. The summed E-state index contributed by atoms with van der Waals surface area (Å²) in [4.78, 5) is 51.8. The Balaban J connectivity index is 1.83. The molecule has 1 N–H and O–H groups in total. The number of hydrogen-bond acceptors (Lipinski definition) is 6. The molecule has 33 heavy (non-hydrogen) atoms. The first-order valence-electron chi connectivity index (χ1n) is 10.3. The molecule has 0 spiro atoms. The van der Waals surface area contributed by atoms with Gasteiger partial charge in [-0.05, 0) is 30.7 Å². The van der Waals surface area contributed by atoms with E-state index in [0.29, 0.717) is 21.2 Å². The van der Waals surface area contributed by atoms with Crippen molar-refractivity contribution in [3.8, 4) is 11.5 Å². The van der Waals surface area contributed by atoms with Gasteiger partial charge in [-0.1, -0.05) is 22.0 Å². The van der Waals surface area contributed by atoms with Crippen LogP contribution in [0, 0.1) is 0 Å². The first kappa shape index (κ1) is 21.4. The summed E-state index contributed by atoms with van der Waals surface area (Å²) in [5, 5.41) is 11.0. The molecule has 1 aromatic heterocycles. The number of Topliss-reactive ketones (excluding diaryl/α,β-unsaturated/α-hetero) is 1. The van der Waals surface area contributed by atoms with Crippen molar-refractivity contribution < 1.29 is 19.4 Å². The number of nitrogens with zero attached hydrogens (tertiary/aromatic N) is 3. The molecule has 0 radical (unpaired) electrons. The lowest BCUT2D eigenvalue weighted by atomic mass is 9.67. The molecule has 5 rings (SSSR count). The van der Waals surface area contributed by atoms with Crippen molar-refractivity contribution in [2.24, 2.45) is 7.05 Å². The number of fused-ring (bicyclic) bond motifs is 3. The summed E-state index contributed by atoms with van der Waals surface area (Å²) in [5.41, 5.74) is 0.975. The van der Waals surface area contributed by atoms with Gasteiger partial charge in [0.25, 0.3) is 0 Å².